The zero-order valence-corrected chi connectivity index (χ0v) is 9.56. The summed E-state index contributed by atoms with van der Waals surface area (Å²) in [4.78, 5) is 24.5. The molecule has 5 nitrogen and oxygen atoms in total. The van der Waals surface area contributed by atoms with Crippen molar-refractivity contribution in [3.8, 4) is 5.75 Å². The minimum Gasteiger partial charge on any atom is -0.497 e. The van der Waals surface area contributed by atoms with E-state index in [1.165, 1.54) is 13.2 Å². The van der Waals surface area contributed by atoms with Gasteiger partial charge >= 0.3 is 0 Å². The fourth-order valence-electron chi connectivity index (χ4n) is 1.66. The summed E-state index contributed by atoms with van der Waals surface area (Å²) in [5.74, 6) is -0.193. The van der Waals surface area contributed by atoms with E-state index >= 15 is 0 Å². The number of methoxy groups -OCH3 is 1. The third-order valence-electron chi connectivity index (χ3n) is 2.58. The molecule has 0 bridgehead atoms. The Labute approximate surface area is 98.5 Å². The fourth-order valence-corrected chi connectivity index (χ4v) is 1.66. The Kier molecular flexibility index (Phi) is 2.59. The van der Waals surface area contributed by atoms with Crippen LogP contribution < -0.4 is 15.4 Å². The molecule has 1 aliphatic heterocycles. The lowest BCUT2D eigenvalue weighted by Crippen LogP contribution is -2.31. The van der Waals surface area contributed by atoms with Gasteiger partial charge in [0.1, 0.15) is 5.75 Å². The van der Waals surface area contributed by atoms with E-state index in [0.29, 0.717) is 22.7 Å². The maximum Gasteiger partial charge on any atom is 0.261 e. The molecule has 17 heavy (non-hydrogen) atoms. The van der Waals surface area contributed by atoms with Crippen molar-refractivity contribution in [2.75, 3.05) is 17.7 Å². The first-order valence-electron chi connectivity index (χ1n) is 5.05. The van der Waals surface area contributed by atoms with E-state index in [1.54, 1.807) is 25.1 Å². The van der Waals surface area contributed by atoms with E-state index in [2.05, 4.69) is 0 Å². The average Bonchev–Trinajstić information content (AvgIpc) is 2.55. The van der Waals surface area contributed by atoms with Crippen molar-refractivity contribution in [1.29, 1.82) is 0 Å². The van der Waals surface area contributed by atoms with Gasteiger partial charge in [-0.15, -0.1) is 0 Å². The van der Waals surface area contributed by atoms with Gasteiger partial charge in [-0.1, -0.05) is 0 Å². The summed E-state index contributed by atoms with van der Waals surface area (Å²) in [6.07, 6.45) is 1.29. The highest BCUT2D eigenvalue weighted by Gasteiger charge is 2.31. The van der Waals surface area contributed by atoms with Crippen LogP contribution in [0.15, 0.2) is 29.8 Å². The number of nitrogens with two attached hydrogens (primary N) is 1. The maximum atomic E-state index is 11.8. The van der Waals surface area contributed by atoms with Crippen LogP contribution >= 0.6 is 0 Å². The number of nitrogens with zero attached hydrogens (tertiary/aromatic N) is 1. The largest absolute Gasteiger partial charge is 0.497 e. The Morgan fingerprint density at radius 2 is 2.00 bits per heavy atom. The van der Waals surface area contributed by atoms with Gasteiger partial charge in [0.05, 0.1) is 18.5 Å². The van der Waals surface area contributed by atoms with Crippen LogP contribution in [0, 0.1) is 0 Å². The van der Waals surface area contributed by atoms with Crippen LogP contribution in [0.1, 0.15) is 6.92 Å². The number of carbonyl (C=O) groups is 2. The summed E-state index contributed by atoms with van der Waals surface area (Å²) in [5, 5.41) is 0. The molecule has 0 atom stereocenters. The van der Waals surface area contributed by atoms with Gasteiger partial charge in [-0.3, -0.25) is 9.59 Å². The number of hydrogen-bond donors (Lipinski definition) is 1. The van der Waals surface area contributed by atoms with Gasteiger partial charge in [0.25, 0.3) is 11.8 Å². The van der Waals surface area contributed by atoms with Gasteiger partial charge in [-0.25, -0.2) is 4.90 Å². The second kappa shape index (κ2) is 3.93. The number of ether oxygens (including phenoxy) is 1. The molecular weight excluding hydrogens is 220 g/mol. The van der Waals surface area contributed by atoms with E-state index in [0.717, 1.165) is 4.90 Å². The lowest BCUT2D eigenvalue weighted by molar-refractivity contribution is -0.120. The predicted octanol–water partition coefficient (Wildman–Crippen LogP) is 1.10. The van der Waals surface area contributed by atoms with Crippen LogP contribution in [0.25, 0.3) is 0 Å². The Hall–Kier alpha value is -2.30. The molecule has 0 aliphatic carbocycles. The fraction of sp³-hybridized carbons (Fsp3) is 0.167. The average molecular weight is 232 g/mol. The molecule has 0 saturated carbocycles. The zero-order valence-electron chi connectivity index (χ0n) is 9.56. The maximum absolute atomic E-state index is 11.8. The van der Waals surface area contributed by atoms with E-state index < -0.39 is 0 Å². The van der Waals surface area contributed by atoms with E-state index in [9.17, 15) is 9.59 Å². The van der Waals surface area contributed by atoms with Crippen molar-refractivity contribution >= 4 is 23.2 Å². The van der Waals surface area contributed by atoms with Crippen molar-refractivity contribution in [2.45, 2.75) is 6.92 Å². The number of carbonyl (C=O) groups excluding carboxylic acids is 2. The first-order valence-corrected chi connectivity index (χ1v) is 5.05. The normalized spacial score (nSPS) is 15.2. The second-order valence-corrected chi connectivity index (χ2v) is 3.73. The number of anilines is 2. The van der Waals surface area contributed by atoms with Crippen LogP contribution in [-0.4, -0.2) is 18.9 Å². The van der Waals surface area contributed by atoms with Gasteiger partial charge in [-0.2, -0.15) is 0 Å². The van der Waals surface area contributed by atoms with Crippen LogP contribution in [0.2, 0.25) is 0 Å². The van der Waals surface area contributed by atoms with Crippen LogP contribution in [-0.2, 0) is 9.59 Å². The van der Waals surface area contributed by atoms with Crippen molar-refractivity contribution in [3.63, 3.8) is 0 Å². The topological polar surface area (TPSA) is 72.6 Å². The van der Waals surface area contributed by atoms with Crippen molar-refractivity contribution in [2.24, 2.45) is 0 Å². The van der Waals surface area contributed by atoms with Crippen LogP contribution in [0.3, 0.4) is 0 Å². The standard InChI is InChI=1S/C12H12N2O3/c1-7-5-11(15)14(12(7)16)10-6-8(17-2)3-4-9(10)13/h3-6H,13H2,1-2H3. The molecule has 2 rings (SSSR count). The Bertz CT molecular complexity index is 535. The van der Waals surface area contributed by atoms with Crippen LogP contribution in [0.4, 0.5) is 11.4 Å². The molecule has 2 N–H and O–H groups in total. The predicted molar refractivity (Wildman–Crippen MR) is 63.7 cm³/mol. The molecule has 1 aliphatic rings. The van der Waals surface area contributed by atoms with E-state index in [-0.39, 0.29) is 11.8 Å². The first-order chi connectivity index (χ1) is 8.04. The number of benzene rings is 1. The highest BCUT2D eigenvalue weighted by atomic mass is 16.5. The minimum absolute atomic E-state index is 0.352. The first kappa shape index (κ1) is 11.2. The lowest BCUT2D eigenvalue weighted by Gasteiger charge is -2.17. The molecule has 0 unspecified atom stereocenters. The molecule has 1 aromatic rings. The summed E-state index contributed by atoms with van der Waals surface area (Å²) in [6.45, 7) is 1.59. The molecular formula is C12H12N2O3. The minimum atomic E-state index is -0.382. The Morgan fingerprint density at radius 3 is 2.53 bits per heavy atom. The molecule has 0 saturated heterocycles. The Morgan fingerprint density at radius 1 is 1.29 bits per heavy atom. The third kappa shape index (κ3) is 1.75. The van der Waals surface area contributed by atoms with Gasteiger partial charge < -0.3 is 10.5 Å². The van der Waals surface area contributed by atoms with Gasteiger partial charge in [-0.05, 0) is 19.1 Å². The van der Waals surface area contributed by atoms with Gasteiger partial charge in [0.2, 0.25) is 0 Å². The van der Waals surface area contributed by atoms with E-state index in [1.807, 2.05) is 0 Å². The summed E-state index contributed by atoms with van der Waals surface area (Å²) in [5.41, 5.74) is 6.88. The molecule has 0 radical (unpaired) electrons. The number of hydrogen-bond acceptors (Lipinski definition) is 4. The quantitative estimate of drug-likeness (QED) is 0.612. The highest BCUT2D eigenvalue weighted by Crippen LogP contribution is 2.31. The number of rotatable bonds is 2. The second-order valence-electron chi connectivity index (χ2n) is 3.73. The molecule has 0 fully saturated rings. The molecule has 1 heterocycles. The number of imide groups is 1. The lowest BCUT2D eigenvalue weighted by atomic mass is 10.2. The summed E-state index contributed by atoms with van der Waals surface area (Å²) >= 11 is 0. The monoisotopic (exact) mass is 232 g/mol. The van der Waals surface area contributed by atoms with Crippen LogP contribution in [0.5, 0.6) is 5.75 Å². The molecule has 1 aromatic carbocycles. The van der Waals surface area contributed by atoms with E-state index in [4.69, 9.17) is 10.5 Å². The number of nitrogen functional groups attached to an aromatic ring is 1. The molecule has 2 amide bonds. The molecule has 5 heteroatoms. The van der Waals surface area contributed by atoms with Crippen molar-refractivity contribution < 1.29 is 14.3 Å². The molecule has 0 spiro atoms. The van der Waals surface area contributed by atoms with Crippen molar-refractivity contribution in [1.82, 2.24) is 0 Å². The number of amides is 2. The summed E-state index contributed by atoms with van der Waals surface area (Å²) < 4.78 is 5.04. The summed E-state index contributed by atoms with van der Waals surface area (Å²) in [7, 11) is 1.51. The van der Waals surface area contributed by atoms with Crippen molar-refractivity contribution in [3.05, 3.63) is 29.8 Å². The zero-order chi connectivity index (χ0) is 12.6. The SMILES string of the molecule is COc1ccc(N)c(N2C(=O)C=C(C)C2=O)c1. The third-order valence-corrected chi connectivity index (χ3v) is 2.58. The van der Waals surface area contributed by atoms with Gasteiger partial charge in [0, 0.05) is 17.7 Å². The van der Waals surface area contributed by atoms with Gasteiger partial charge in [0.15, 0.2) is 0 Å². The molecule has 0 aromatic heterocycles. The summed E-state index contributed by atoms with van der Waals surface area (Å²) in [6, 6.07) is 4.84. The smallest absolute Gasteiger partial charge is 0.261 e. The highest BCUT2D eigenvalue weighted by molar-refractivity contribution is 6.31. The Balaban J connectivity index is 2.48. The molecule has 88 valence electrons.